The third-order valence-electron chi connectivity index (χ3n) is 7.05. The van der Waals surface area contributed by atoms with Gasteiger partial charge in [-0.2, -0.15) is 14.8 Å². The fourth-order valence-corrected chi connectivity index (χ4v) is 5.22. The highest BCUT2D eigenvalue weighted by Crippen LogP contribution is 2.30. The van der Waals surface area contributed by atoms with E-state index in [1.54, 1.807) is 13.2 Å². The minimum Gasteiger partial charge on any atom is -0.375 e. The molecule has 0 N–H and O–H groups in total. The van der Waals surface area contributed by atoms with E-state index in [-0.39, 0.29) is 30.2 Å². The zero-order chi connectivity index (χ0) is 23.7. The van der Waals surface area contributed by atoms with Crippen LogP contribution in [-0.2, 0) is 16.0 Å². The number of rotatable bonds is 7. The number of carbonyl (C=O) groups is 1. The van der Waals surface area contributed by atoms with Gasteiger partial charge >= 0.3 is 0 Å². The van der Waals surface area contributed by atoms with Gasteiger partial charge in [0.2, 0.25) is 11.8 Å². The Morgan fingerprint density at radius 3 is 2.82 bits per heavy atom. The van der Waals surface area contributed by atoms with E-state index in [1.807, 2.05) is 17.9 Å². The topological polar surface area (TPSA) is 89.5 Å². The number of likely N-dealkylation sites (tertiary alicyclic amines) is 2. The molecule has 0 aliphatic carbocycles. The standard InChI is InChI=1S/C24H31FN6O3/c1-3-20-18-5-4-6-19(25)22(18)31(27-20)24-26-23(34-28-24)17-8-10-29(11-9-17)13-16-7-12-30(14-16)21(32)15-33-2/h4-6,16-17H,3,7-15H2,1-2H3/t16-/m0/s1. The van der Waals surface area contributed by atoms with Gasteiger partial charge in [0, 0.05) is 38.0 Å². The van der Waals surface area contributed by atoms with Gasteiger partial charge in [-0.05, 0) is 55.9 Å². The van der Waals surface area contributed by atoms with E-state index in [2.05, 4.69) is 20.1 Å². The normalized spacial score (nSPS) is 20.0. The number of amides is 1. The summed E-state index contributed by atoms with van der Waals surface area (Å²) in [5, 5.41) is 9.45. The number of piperidine rings is 1. The summed E-state index contributed by atoms with van der Waals surface area (Å²) in [4.78, 5) is 21.0. The average molecular weight is 471 g/mol. The quantitative estimate of drug-likeness (QED) is 0.525. The van der Waals surface area contributed by atoms with Crippen molar-refractivity contribution < 1.29 is 18.4 Å². The number of nitrogens with zero attached hydrogens (tertiary/aromatic N) is 6. The molecule has 0 radical (unpaired) electrons. The average Bonchev–Trinajstić information content (AvgIpc) is 3.58. The van der Waals surface area contributed by atoms with E-state index in [0.717, 1.165) is 63.1 Å². The van der Waals surface area contributed by atoms with Crippen molar-refractivity contribution in [3.05, 3.63) is 35.6 Å². The van der Waals surface area contributed by atoms with Crippen LogP contribution in [0.2, 0.25) is 0 Å². The van der Waals surface area contributed by atoms with E-state index in [4.69, 9.17) is 9.26 Å². The molecule has 5 rings (SSSR count). The van der Waals surface area contributed by atoms with Crippen LogP contribution in [0, 0.1) is 11.7 Å². The smallest absolute Gasteiger partial charge is 0.291 e. The first-order valence-electron chi connectivity index (χ1n) is 12.1. The lowest BCUT2D eigenvalue weighted by Gasteiger charge is -2.32. The second-order valence-corrected chi connectivity index (χ2v) is 9.28. The molecule has 1 aromatic carbocycles. The Labute approximate surface area is 197 Å². The van der Waals surface area contributed by atoms with Crippen molar-refractivity contribution in [2.75, 3.05) is 46.4 Å². The lowest BCUT2D eigenvalue weighted by atomic mass is 9.95. The van der Waals surface area contributed by atoms with Gasteiger partial charge in [0.15, 0.2) is 0 Å². The van der Waals surface area contributed by atoms with E-state index in [9.17, 15) is 9.18 Å². The summed E-state index contributed by atoms with van der Waals surface area (Å²) in [6.07, 6.45) is 3.58. The van der Waals surface area contributed by atoms with Crippen molar-refractivity contribution in [2.24, 2.45) is 5.92 Å². The summed E-state index contributed by atoms with van der Waals surface area (Å²) in [5.41, 5.74) is 1.19. The molecule has 1 atom stereocenters. The molecule has 0 saturated carbocycles. The van der Waals surface area contributed by atoms with E-state index in [1.165, 1.54) is 10.7 Å². The number of fused-ring (bicyclic) bond motifs is 1. The first-order valence-corrected chi connectivity index (χ1v) is 12.1. The van der Waals surface area contributed by atoms with E-state index < -0.39 is 0 Å². The summed E-state index contributed by atoms with van der Waals surface area (Å²) in [7, 11) is 1.56. The molecule has 1 amide bonds. The molecule has 3 aromatic rings. The first kappa shape index (κ1) is 22.9. The zero-order valence-corrected chi connectivity index (χ0v) is 19.7. The zero-order valence-electron chi connectivity index (χ0n) is 19.7. The maximum absolute atomic E-state index is 14.6. The maximum Gasteiger partial charge on any atom is 0.291 e. The monoisotopic (exact) mass is 470 g/mol. The van der Waals surface area contributed by atoms with Crippen LogP contribution in [-0.4, -0.2) is 82.1 Å². The van der Waals surface area contributed by atoms with Crippen LogP contribution in [0.15, 0.2) is 22.7 Å². The lowest BCUT2D eigenvalue weighted by Crippen LogP contribution is -2.38. The SMILES string of the molecule is CCc1nn(-c2noc(C3CCN(C[C@@H]4CCN(C(=O)COC)C4)CC3)n2)c2c(F)cccc12. The van der Waals surface area contributed by atoms with Gasteiger partial charge in [-0.3, -0.25) is 4.79 Å². The molecule has 2 saturated heterocycles. The van der Waals surface area contributed by atoms with Crippen molar-refractivity contribution in [3.8, 4) is 5.95 Å². The van der Waals surface area contributed by atoms with Gasteiger partial charge in [-0.1, -0.05) is 19.1 Å². The fourth-order valence-electron chi connectivity index (χ4n) is 5.22. The summed E-state index contributed by atoms with van der Waals surface area (Å²) in [5.74, 6) is 1.27. The van der Waals surface area contributed by atoms with Crippen LogP contribution in [0.5, 0.6) is 0 Å². The van der Waals surface area contributed by atoms with Crippen molar-refractivity contribution in [1.82, 2.24) is 29.7 Å². The van der Waals surface area contributed by atoms with Gasteiger partial charge in [0.1, 0.15) is 17.9 Å². The Hall–Kier alpha value is -2.85. The van der Waals surface area contributed by atoms with Crippen LogP contribution in [0.25, 0.3) is 16.9 Å². The molecule has 9 nitrogen and oxygen atoms in total. The van der Waals surface area contributed by atoms with Crippen LogP contribution in [0.1, 0.15) is 43.7 Å². The molecule has 2 aliphatic rings. The Bertz CT molecular complexity index is 1150. The summed E-state index contributed by atoms with van der Waals surface area (Å²) in [6, 6.07) is 4.99. The van der Waals surface area contributed by atoms with Crippen LogP contribution < -0.4 is 0 Å². The van der Waals surface area contributed by atoms with Crippen molar-refractivity contribution >= 4 is 16.8 Å². The molecule has 2 aliphatic heterocycles. The minimum atomic E-state index is -0.348. The van der Waals surface area contributed by atoms with Gasteiger partial charge in [0.25, 0.3) is 5.95 Å². The number of carbonyl (C=O) groups excluding carboxylic acids is 1. The van der Waals surface area contributed by atoms with E-state index in [0.29, 0.717) is 23.7 Å². The third-order valence-corrected chi connectivity index (χ3v) is 7.05. The minimum absolute atomic E-state index is 0.0757. The summed E-state index contributed by atoms with van der Waals surface area (Å²) >= 11 is 0. The highest BCUT2D eigenvalue weighted by atomic mass is 19.1. The van der Waals surface area contributed by atoms with Gasteiger partial charge in [-0.25, -0.2) is 4.39 Å². The van der Waals surface area contributed by atoms with Crippen molar-refractivity contribution in [1.29, 1.82) is 0 Å². The number of aromatic nitrogens is 4. The van der Waals surface area contributed by atoms with Crippen molar-refractivity contribution in [3.63, 3.8) is 0 Å². The predicted octanol–water partition coefficient (Wildman–Crippen LogP) is 2.78. The van der Waals surface area contributed by atoms with Crippen LogP contribution in [0.3, 0.4) is 0 Å². The highest BCUT2D eigenvalue weighted by molar-refractivity contribution is 5.83. The molecule has 34 heavy (non-hydrogen) atoms. The second-order valence-electron chi connectivity index (χ2n) is 9.28. The Morgan fingerprint density at radius 2 is 2.06 bits per heavy atom. The molecule has 0 bridgehead atoms. The summed E-state index contributed by atoms with van der Waals surface area (Å²) < 4.78 is 26.6. The lowest BCUT2D eigenvalue weighted by molar-refractivity contribution is -0.134. The molecule has 0 spiro atoms. The van der Waals surface area contributed by atoms with Gasteiger partial charge < -0.3 is 19.1 Å². The highest BCUT2D eigenvalue weighted by Gasteiger charge is 2.31. The number of halogens is 1. The largest absolute Gasteiger partial charge is 0.375 e. The molecule has 2 fully saturated rings. The molecule has 0 unspecified atom stereocenters. The number of benzene rings is 1. The Morgan fingerprint density at radius 1 is 1.24 bits per heavy atom. The Kier molecular flexibility index (Phi) is 6.60. The molecular weight excluding hydrogens is 439 g/mol. The van der Waals surface area contributed by atoms with Crippen molar-refractivity contribution in [2.45, 2.75) is 38.5 Å². The molecule has 10 heteroatoms. The van der Waals surface area contributed by atoms with Crippen LogP contribution in [0.4, 0.5) is 4.39 Å². The number of hydrogen-bond acceptors (Lipinski definition) is 7. The Balaban J connectivity index is 1.20. The molecule has 4 heterocycles. The second kappa shape index (κ2) is 9.79. The number of methoxy groups -OCH3 is 1. The maximum atomic E-state index is 14.6. The third kappa shape index (κ3) is 4.44. The van der Waals surface area contributed by atoms with Gasteiger partial charge in [-0.15, -0.1) is 0 Å². The number of ether oxygens (including phenoxy) is 1. The molecule has 2 aromatic heterocycles. The first-order chi connectivity index (χ1) is 16.6. The number of hydrogen-bond donors (Lipinski definition) is 0. The fraction of sp³-hybridized carbons (Fsp3) is 0.583. The summed E-state index contributed by atoms with van der Waals surface area (Å²) in [6.45, 7) is 6.67. The van der Waals surface area contributed by atoms with Crippen LogP contribution >= 0.6 is 0 Å². The molecular formula is C24H31FN6O3. The predicted molar refractivity (Wildman–Crippen MR) is 123 cm³/mol. The number of para-hydroxylation sites is 1. The molecule has 182 valence electrons. The number of aryl methyl sites for hydroxylation is 1. The van der Waals surface area contributed by atoms with Gasteiger partial charge in [0.05, 0.1) is 5.69 Å². The van der Waals surface area contributed by atoms with E-state index >= 15 is 0 Å².